The number of carbonyl (C=O) groups is 1. The highest BCUT2D eigenvalue weighted by molar-refractivity contribution is 5.92. The number of alkyl halides is 3. The van der Waals surface area contributed by atoms with Gasteiger partial charge in [0.2, 0.25) is 11.9 Å². The maximum atomic E-state index is 15.3. The van der Waals surface area contributed by atoms with Crippen LogP contribution in [0.4, 0.5) is 29.3 Å². The third kappa shape index (κ3) is 5.83. The summed E-state index contributed by atoms with van der Waals surface area (Å²) in [7, 11) is 2.72. The van der Waals surface area contributed by atoms with E-state index in [1.165, 1.54) is 32.4 Å². The number of piperazine rings is 1. The maximum Gasteiger partial charge on any atom is 0.416 e. The van der Waals surface area contributed by atoms with Crippen LogP contribution < -0.4 is 25.8 Å². The van der Waals surface area contributed by atoms with E-state index in [1.807, 2.05) is 11.8 Å². The summed E-state index contributed by atoms with van der Waals surface area (Å²) < 4.78 is 64.3. The fourth-order valence-electron chi connectivity index (χ4n) is 4.95. The number of methoxy groups -OCH3 is 2. The van der Waals surface area contributed by atoms with Crippen molar-refractivity contribution < 1.29 is 31.8 Å². The molecule has 0 bridgehead atoms. The number of anilines is 2. The van der Waals surface area contributed by atoms with Crippen LogP contribution in [0.15, 0.2) is 30.3 Å². The zero-order chi connectivity index (χ0) is 29.2. The van der Waals surface area contributed by atoms with Crippen LogP contribution in [0.2, 0.25) is 0 Å². The van der Waals surface area contributed by atoms with Crippen molar-refractivity contribution in [2.75, 3.05) is 44.5 Å². The second-order valence-corrected chi connectivity index (χ2v) is 9.64. The van der Waals surface area contributed by atoms with Crippen molar-refractivity contribution in [1.29, 1.82) is 0 Å². The number of fused-ring (bicyclic) bond motifs is 1. The lowest BCUT2D eigenvalue weighted by molar-refractivity contribution is -0.137. The molecule has 1 aliphatic heterocycles. The highest BCUT2D eigenvalue weighted by Gasteiger charge is 2.33. The number of halogens is 4. The molecule has 1 fully saturated rings. The minimum absolute atomic E-state index is 0.00332. The number of aromatic nitrogens is 2. The molecular formula is C27H32F4N6O3. The van der Waals surface area contributed by atoms with E-state index in [0.29, 0.717) is 31.6 Å². The minimum Gasteiger partial charge on any atom is -0.493 e. The number of amides is 1. The lowest BCUT2D eigenvalue weighted by Gasteiger charge is -2.42. The third-order valence-electron chi connectivity index (χ3n) is 7.07. The monoisotopic (exact) mass is 564 g/mol. The quantitative estimate of drug-likeness (QED) is 0.389. The molecule has 0 saturated carbocycles. The lowest BCUT2D eigenvalue weighted by Crippen LogP contribution is -2.55. The SMILES string of the molecule is CCC[C@H]1CN(C(=O)C[C@@H](N)c2ccc(C(F)(F)F)cc2)CCN1c1nc(N)c2cc(OC)c(OC)c(F)c2n1. The van der Waals surface area contributed by atoms with Crippen LogP contribution in [0.25, 0.3) is 10.9 Å². The van der Waals surface area contributed by atoms with E-state index in [-0.39, 0.29) is 52.5 Å². The Balaban J connectivity index is 1.52. The van der Waals surface area contributed by atoms with Gasteiger partial charge in [0.1, 0.15) is 11.3 Å². The van der Waals surface area contributed by atoms with Crippen LogP contribution in [-0.2, 0) is 11.0 Å². The van der Waals surface area contributed by atoms with Crippen molar-refractivity contribution in [2.45, 2.75) is 44.4 Å². The largest absolute Gasteiger partial charge is 0.493 e. The molecule has 9 nitrogen and oxygen atoms in total. The molecule has 0 spiro atoms. The second-order valence-electron chi connectivity index (χ2n) is 9.64. The van der Waals surface area contributed by atoms with Gasteiger partial charge in [-0.1, -0.05) is 25.5 Å². The van der Waals surface area contributed by atoms with Crippen LogP contribution >= 0.6 is 0 Å². The van der Waals surface area contributed by atoms with Gasteiger partial charge in [-0.2, -0.15) is 18.2 Å². The summed E-state index contributed by atoms with van der Waals surface area (Å²) in [6, 6.07) is 5.10. The average Bonchev–Trinajstić information content (AvgIpc) is 2.92. The Bertz CT molecular complexity index is 1370. The van der Waals surface area contributed by atoms with Crippen LogP contribution in [-0.4, -0.2) is 60.7 Å². The molecule has 1 saturated heterocycles. The molecule has 2 atom stereocenters. The Kier molecular flexibility index (Phi) is 8.52. The highest BCUT2D eigenvalue weighted by atomic mass is 19.4. The number of nitrogens with zero attached hydrogens (tertiary/aromatic N) is 4. The number of carbonyl (C=O) groups excluding carboxylic acids is 1. The molecule has 13 heteroatoms. The Hall–Kier alpha value is -3.87. The molecule has 0 unspecified atom stereocenters. The summed E-state index contributed by atoms with van der Waals surface area (Å²) in [6.45, 7) is 3.05. The molecule has 1 aliphatic rings. The second kappa shape index (κ2) is 11.7. The number of rotatable bonds is 8. The number of hydrogen-bond acceptors (Lipinski definition) is 8. The van der Waals surface area contributed by atoms with E-state index in [2.05, 4.69) is 9.97 Å². The van der Waals surface area contributed by atoms with Gasteiger partial charge in [0.05, 0.1) is 19.8 Å². The van der Waals surface area contributed by atoms with E-state index in [9.17, 15) is 18.0 Å². The van der Waals surface area contributed by atoms with Crippen molar-refractivity contribution in [3.05, 3.63) is 47.3 Å². The van der Waals surface area contributed by atoms with Crippen LogP contribution in [0, 0.1) is 5.82 Å². The zero-order valence-corrected chi connectivity index (χ0v) is 22.5. The zero-order valence-electron chi connectivity index (χ0n) is 22.5. The van der Waals surface area contributed by atoms with Gasteiger partial charge in [0, 0.05) is 43.5 Å². The molecule has 4 N–H and O–H groups in total. The fourth-order valence-corrected chi connectivity index (χ4v) is 4.95. The van der Waals surface area contributed by atoms with E-state index in [0.717, 1.165) is 18.6 Å². The first-order valence-corrected chi connectivity index (χ1v) is 12.8. The van der Waals surface area contributed by atoms with Gasteiger partial charge in [-0.05, 0) is 30.2 Å². The first-order chi connectivity index (χ1) is 19.0. The normalized spacial score (nSPS) is 16.8. The summed E-state index contributed by atoms with van der Waals surface area (Å²) in [5.74, 6) is -0.537. The predicted molar refractivity (Wildman–Crippen MR) is 143 cm³/mol. The van der Waals surface area contributed by atoms with Crippen LogP contribution in [0.1, 0.15) is 43.4 Å². The average molecular weight is 565 g/mol. The van der Waals surface area contributed by atoms with Gasteiger partial charge in [0.15, 0.2) is 17.3 Å². The van der Waals surface area contributed by atoms with Crippen molar-refractivity contribution in [3.63, 3.8) is 0 Å². The van der Waals surface area contributed by atoms with Gasteiger partial charge >= 0.3 is 6.18 Å². The highest BCUT2D eigenvalue weighted by Crippen LogP contribution is 2.38. The molecule has 216 valence electrons. The number of ether oxygens (including phenoxy) is 2. The fraction of sp³-hybridized carbons (Fsp3) is 0.444. The topological polar surface area (TPSA) is 120 Å². The minimum atomic E-state index is -4.45. The number of benzene rings is 2. The number of nitrogen functional groups attached to an aromatic ring is 1. The van der Waals surface area contributed by atoms with Gasteiger partial charge in [-0.25, -0.2) is 9.37 Å². The third-order valence-corrected chi connectivity index (χ3v) is 7.07. The molecule has 0 aliphatic carbocycles. The smallest absolute Gasteiger partial charge is 0.416 e. The summed E-state index contributed by atoms with van der Waals surface area (Å²) in [5, 5.41) is 0.289. The van der Waals surface area contributed by atoms with Gasteiger partial charge < -0.3 is 30.7 Å². The molecule has 0 radical (unpaired) electrons. The van der Waals surface area contributed by atoms with Gasteiger partial charge in [-0.3, -0.25) is 4.79 Å². The van der Waals surface area contributed by atoms with Gasteiger partial charge in [0.25, 0.3) is 0 Å². The first kappa shape index (κ1) is 29.1. The maximum absolute atomic E-state index is 15.3. The Morgan fingerprint density at radius 2 is 1.85 bits per heavy atom. The van der Waals surface area contributed by atoms with E-state index >= 15 is 4.39 Å². The summed E-state index contributed by atoms with van der Waals surface area (Å²) in [5.41, 5.74) is 12.0. The molecule has 40 heavy (non-hydrogen) atoms. The van der Waals surface area contributed by atoms with E-state index in [4.69, 9.17) is 20.9 Å². The van der Waals surface area contributed by atoms with Crippen LogP contribution in [0.5, 0.6) is 11.5 Å². The first-order valence-electron chi connectivity index (χ1n) is 12.8. The molecule has 1 aromatic heterocycles. The lowest BCUT2D eigenvalue weighted by atomic mass is 10.0. The summed E-state index contributed by atoms with van der Waals surface area (Å²) >= 11 is 0. The molecule has 4 rings (SSSR count). The van der Waals surface area contributed by atoms with Crippen molar-refractivity contribution in [1.82, 2.24) is 14.9 Å². The molecule has 2 aromatic carbocycles. The number of nitrogens with two attached hydrogens (primary N) is 2. The standard InChI is InChI=1S/C27H32F4N6O3/c1-4-5-17-14-36(21(38)13-19(32)15-6-8-16(9-7-15)27(29,30)31)10-11-37(17)26-34-23-18(25(33)35-26)12-20(39-2)24(40-3)22(23)28/h6-9,12,17,19H,4-5,10-11,13-14,32H2,1-3H3,(H2,33,34,35)/t17-,19+/m0/s1. The Morgan fingerprint density at radius 3 is 2.45 bits per heavy atom. The number of hydrogen-bond donors (Lipinski definition) is 2. The van der Waals surface area contributed by atoms with E-state index in [1.54, 1.807) is 4.90 Å². The van der Waals surface area contributed by atoms with Crippen LogP contribution in [0.3, 0.4) is 0 Å². The summed E-state index contributed by atoms with van der Waals surface area (Å²) in [6.07, 6.45) is -3.01. The molecule has 2 heterocycles. The molecule has 1 amide bonds. The van der Waals surface area contributed by atoms with E-state index < -0.39 is 23.6 Å². The van der Waals surface area contributed by atoms with Crippen molar-refractivity contribution in [2.24, 2.45) is 5.73 Å². The van der Waals surface area contributed by atoms with Crippen molar-refractivity contribution >= 4 is 28.6 Å². The van der Waals surface area contributed by atoms with Gasteiger partial charge in [-0.15, -0.1) is 0 Å². The molecular weight excluding hydrogens is 532 g/mol. The Morgan fingerprint density at radius 1 is 1.15 bits per heavy atom. The predicted octanol–water partition coefficient (Wildman–Crippen LogP) is 4.29. The summed E-state index contributed by atoms with van der Waals surface area (Å²) in [4.78, 5) is 25.6. The molecule has 3 aromatic rings. The van der Waals surface area contributed by atoms with Crippen molar-refractivity contribution in [3.8, 4) is 11.5 Å². The Labute approximate surface area is 229 Å².